The number of carbonyl (C=O) groups is 1. The van der Waals surface area contributed by atoms with Crippen LogP contribution in [0.3, 0.4) is 0 Å². The molecule has 4 heteroatoms. The van der Waals surface area contributed by atoms with E-state index in [1.165, 1.54) is 24.0 Å². The summed E-state index contributed by atoms with van der Waals surface area (Å²) in [5.74, 6) is 1.97. The maximum absolute atomic E-state index is 12.7. The van der Waals surface area contributed by atoms with Crippen molar-refractivity contribution >= 4 is 5.91 Å². The normalized spacial score (nSPS) is 16.0. The van der Waals surface area contributed by atoms with Crippen molar-refractivity contribution < 1.29 is 9.53 Å². The average Bonchev–Trinajstić information content (AvgIpc) is 3.52. The Morgan fingerprint density at radius 2 is 1.74 bits per heavy atom. The number of carbonyl (C=O) groups excluding carboxylic acids is 1. The van der Waals surface area contributed by atoms with Crippen molar-refractivity contribution in [3.8, 4) is 5.75 Å². The van der Waals surface area contributed by atoms with Crippen LogP contribution in [-0.4, -0.2) is 38.6 Å². The van der Waals surface area contributed by atoms with Gasteiger partial charge in [-0.05, 0) is 62.0 Å². The summed E-state index contributed by atoms with van der Waals surface area (Å²) in [4.78, 5) is 14.8. The Hall–Kier alpha value is -2.33. The minimum absolute atomic E-state index is 0.135. The number of nitrogens with one attached hydrogen (secondary N) is 1. The van der Waals surface area contributed by atoms with Crippen molar-refractivity contribution in [2.45, 2.75) is 31.2 Å². The van der Waals surface area contributed by atoms with Crippen LogP contribution < -0.4 is 10.1 Å². The number of ether oxygens (including phenoxy) is 1. The fourth-order valence-electron chi connectivity index (χ4n) is 3.66. The van der Waals surface area contributed by atoms with Gasteiger partial charge in [0.15, 0.2) is 0 Å². The monoisotopic (exact) mass is 366 g/mol. The Morgan fingerprint density at radius 1 is 1.07 bits per heavy atom. The summed E-state index contributed by atoms with van der Waals surface area (Å²) in [6.45, 7) is 0.602. The molecule has 1 fully saturated rings. The van der Waals surface area contributed by atoms with Crippen LogP contribution in [0.5, 0.6) is 5.75 Å². The number of methoxy groups -OCH3 is 1. The fourth-order valence-corrected chi connectivity index (χ4v) is 3.66. The second-order valence-corrected chi connectivity index (χ2v) is 7.62. The highest BCUT2D eigenvalue weighted by atomic mass is 16.5. The van der Waals surface area contributed by atoms with Crippen LogP contribution in [0.25, 0.3) is 0 Å². The molecule has 144 valence electrons. The molecule has 1 saturated carbocycles. The van der Waals surface area contributed by atoms with E-state index < -0.39 is 0 Å². The second-order valence-electron chi connectivity index (χ2n) is 7.62. The molecule has 4 nitrogen and oxygen atoms in total. The maximum atomic E-state index is 12.7. The van der Waals surface area contributed by atoms with Crippen LogP contribution in [0, 0.1) is 5.92 Å². The first-order valence-corrected chi connectivity index (χ1v) is 9.70. The van der Waals surface area contributed by atoms with Gasteiger partial charge in [-0.25, -0.2) is 0 Å². The van der Waals surface area contributed by atoms with E-state index in [9.17, 15) is 4.79 Å². The molecule has 0 aromatic heterocycles. The molecule has 2 aromatic carbocycles. The summed E-state index contributed by atoms with van der Waals surface area (Å²) in [6.07, 6.45) is 3.04. The lowest BCUT2D eigenvalue weighted by molar-refractivity contribution is -0.121. The molecule has 0 aliphatic heterocycles. The van der Waals surface area contributed by atoms with Crippen LogP contribution in [0.1, 0.15) is 42.3 Å². The van der Waals surface area contributed by atoms with Gasteiger partial charge in [-0.2, -0.15) is 0 Å². The first-order chi connectivity index (χ1) is 13.1. The first-order valence-electron chi connectivity index (χ1n) is 9.70. The zero-order chi connectivity index (χ0) is 19.2. The highest BCUT2D eigenvalue weighted by Gasteiger charge is 2.33. The van der Waals surface area contributed by atoms with Gasteiger partial charge in [0.25, 0.3) is 0 Å². The number of rotatable bonds is 9. The number of hydrogen-bond acceptors (Lipinski definition) is 3. The zero-order valence-corrected chi connectivity index (χ0v) is 16.5. The average molecular weight is 367 g/mol. The molecule has 1 N–H and O–H groups in total. The molecule has 27 heavy (non-hydrogen) atoms. The Bertz CT molecular complexity index is 724. The fraction of sp³-hybridized carbons (Fsp3) is 0.435. The lowest BCUT2D eigenvalue weighted by Crippen LogP contribution is -2.35. The van der Waals surface area contributed by atoms with Crippen molar-refractivity contribution in [2.24, 2.45) is 5.92 Å². The Kier molecular flexibility index (Phi) is 6.51. The summed E-state index contributed by atoms with van der Waals surface area (Å²) in [7, 11) is 5.75. The molecule has 0 radical (unpaired) electrons. The third-order valence-corrected chi connectivity index (χ3v) is 5.44. The van der Waals surface area contributed by atoms with Crippen molar-refractivity contribution in [1.29, 1.82) is 0 Å². The van der Waals surface area contributed by atoms with Gasteiger partial charge >= 0.3 is 0 Å². The molecule has 3 rings (SSSR count). The van der Waals surface area contributed by atoms with Gasteiger partial charge in [-0.3, -0.25) is 4.79 Å². The van der Waals surface area contributed by atoms with Gasteiger partial charge < -0.3 is 15.0 Å². The third kappa shape index (κ3) is 5.33. The summed E-state index contributed by atoms with van der Waals surface area (Å²) >= 11 is 0. The van der Waals surface area contributed by atoms with Gasteiger partial charge in [0.1, 0.15) is 5.75 Å². The standard InChI is InChI=1S/C23H30N2O2/c1-25(2)22(19-11-13-20(27-3)14-12-19)16-24-23(26)15-21(18-9-10-18)17-7-5-4-6-8-17/h4-8,11-14,18,21-22H,9-10,15-16H2,1-3H3,(H,24,26). The molecule has 0 saturated heterocycles. The molecular formula is C23H30N2O2. The molecule has 1 aliphatic carbocycles. The SMILES string of the molecule is COc1ccc(C(CNC(=O)CC(c2ccccc2)C2CC2)N(C)C)cc1. The van der Waals surface area contributed by atoms with E-state index >= 15 is 0 Å². The molecule has 2 atom stereocenters. The van der Waals surface area contributed by atoms with Crippen LogP contribution in [0.4, 0.5) is 0 Å². The molecule has 1 aliphatic rings. The molecule has 0 spiro atoms. The third-order valence-electron chi connectivity index (χ3n) is 5.44. The highest BCUT2D eigenvalue weighted by Crippen LogP contribution is 2.44. The Labute approximate surface area is 162 Å². The minimum atomic E-state index is 0.135. The van der Waals surface area contributed by atoms with Crippen LogP contribution >= 0.6 is 0 Å². The zero-order valence-electron chi connectivity index (χ0n) is 16.5. The molecule has 2 unspecified atom stereocenters. The van der Waals surface area contributed by atoms with E-state index in [-0.39, 0.29) is 11.9 Å². The predicted octanol–water partition coefficient (Wildman–Crippen LogP) is 4.00. The lowest BCUT2D eigenvalue weighted by atomic mass is 9.90. The number of hydrogen-bond donors (Lipinski definition) is 1. The molecule has 1 amide bonds. The minimum Gasteiger partial charge on any atom is -0.497 e. The van der Waals surface area contributed by atoms with Gasteiger partial charge in [-0.1, -0.05) is 42.5 Å². The number of benzene rings is 2. The van der Waals surface area contributed by atoms with E-state index in [1.54, 1.807) is 7.11 Å². The van der Waals surface area contributed by atoms with Gasteiger partial charge in [0, 0.05) is 13.0 Å². The van der Waals surface area contributed by atoms with E-state index in [0.29, 0.717) is 24.8 Å². The molecule has 2 aromatic rings. The predicted molar refractivity (Wildman–Crippen MR) is 109 cm³/mol. The van der Waals surface area contributed by atoms with Crippen molar-refractivity contribution in [2.75, 3.05) is 27.7 Å². The van der Waals surface area contributed by atoms with Crippen molar-refractivity contribution in [1.82, 2.24) is 10.2 Å². The summed E-state index contributed by atoms with van der Waals surface area (Å²) in [6, 6.07) is 18.6. The quantitative estimate of drug-likeness (QED) is 0.729. The molecular weight excluding hydrogens is 336 g/mol. The number of nitrogens with zero attached hydrogens (tertiary/aromatic N) is 1. The summed E-state index contributed by atoms with van der Waals surface area (Å²) < 4.78 is 5.24. The molecule has 0 bridgehead atoms. The van der Waals surface area contributed by atoms with E-state index in [2.05, 4.69) is 46.6 Å². The summed E-state index contributed by atoms with van der Waals surface area (Å²) in [5, 5.41) is 3.16. The van der Waals surface area contributed by atoms with E-state index in [1.807, 2.05) is 32.3 Å². The summed E-state index contributed by atoms with van der Waals surface area (Å²) in [5.41, 5.74) is 2.46. The topological polar surface area (TPSA) is 41.6 Å². The smallest absolute Gasteiger partial charge is 0.220 e. The second kappa shape index (κ2) is 9.05. The maximum Gasteiger partial charge on any atom is 0.220 e. The Balaban J connectivity index is 1.60. The van der Waals surface area contributed by atoms with Gasteiger partial charge in [0.2, 0.25) is 5.91 Å². The van der Waals surface area contributed by atoms with E-state index in [4.69, 9.17) is 4.74 Å². The largest absolute Gasteiger partial charge is 0.497 e. The number of amides is 1. The highest BCUT2D eigenvalue weighted by molar-refractivity contribution is 5.77. The lowest BCUT2D eigenvalue weighted by Gasteiger charge is -2.26. The van der Waals surface area contributed by atoms with Crippen LogP contribution in [-0.2, 0) is 4.79 Å². The number of likely N-dealkylation sites (N-methyl/N-ethyl adjacent to an activating group) is 1. The van der Waals surface area contributed by atoms with Crippen LogP contribution in [0.2, 0.25) is 0 Å². The van der Waals surface area contributed by atoms with E-state index in [0.717, 1.165) is 5.75 Å². The van der Waals surface area contributed by atoms with Crippen molar-refractivity contribution in [3.05, 3.63) is 65.7 Å². The van der Waals surface area contributed by atoms with Gasteiger partial charge in [-0.15, -0.1) is 0 Å². The Morgan fingerprint density at radius 3 is 2.30 bits per heavy atom. The molecule has 0 heterocycles. The van der Waals surface area contributed by atoms with Gasteiger partial charge in [0.05, 0.1) is 13.2 Å². The first kappa shape index (κ1) is 19.4. The van der Waals surface area contributed by atoms with Crippen molar-refractivity contribution in [3.63, 3.8) is 0 Å². The van der Waals surface area contributed by atoms with Crippen LogP contribution in [0.15, 0.2) is 54.6 Å².